The van der Waals surface area contributed by atoms with Crippen LogP contribution in [0, 0.1) is 0 Å². The van der Waals surface area contributed by atoms with Gasteiger partial charge in [-0.2, -0.15) is 13.9 Å². The van der Waals surface area contributed by atoms with Gasteiger partial charge in [-0.05, 0) is 47.2 Å². The predicted molar refractivity (Wildman–Crippen MR) is 120 cm³/mol. The number of hydrogen-bond donors (Lipinski definition) is 2. The maximum absolute atomic E-state index is 14.1. The summed E-state index contributed by atoms with van der Waals surface area (Å²) in [6.45, 7) is 0.362. The second kappa shape index (κ2) is 7.99. The fraction of sp³-hybridized carbons (Fsp3) is 0.136. The molecule has 1 aromatic carbocycles. The van der Waals surface area contributed by atoms with E-state index in [1.54, 1.807) is 12.1 Å². The number of aromatic amines is 1. The Labute approximate surface area is 189 Å². The Kier molecular flexibility index (Phi) is 5.15. The predicted octanol–water partition coefficient (Wildman–Crippen LogP) is 5.20. The highest BCUT2D eigenvalue weighted by molar-refractivity contribution is 7.13. The van der Waals surface area contributed by atoms with Gasteiger partial charge >= 0.3 is 5.38 Å². The first-order valence-corrected chi connectivity index (χ1v) is 11.0. The van der Waals surface area contributed by atoms with Crippen molar-refractivity contribution in [3.05, 3.63) is 77.1 Å². The molecule has 0 unspecified atom stereocenters. The SMILES string of the molecule is O=C(NCCc1c[nH]c2ccccc12)c1cc2nc(-c3cccs3)cc(C(F)(F)Cl)n2n1. The third kappa shape index (κ3) is 3.85. The first-order chi connectivity index (χ1) is 15.4. The average molecular weight is 472 g/mol. The standard InChI is InChI=1S/C22H16ClF2N5OS/c23-22(24,25)19-10-16(18-6-3-9-32-18)28-20-11-17(29-30(19)20)21(31)26-8-7-13-12-27-15-5-2-1-4-14(13)15/h1-6,9-12,27H,7-8H2,(H,26,31). The van der Waals surface area contributed by atoms with Gasteiger partial charge < -0.3 is 10.3 Å². The molecule has 1 amide bonds. The van der Waals surface area contributed by atoms with Crippen LogP contribution < -0.4 is 5.32 Å². The van der Waals surface area contributed by atoms with E-state index in [1.807, 2.05) is 35.8 Å². The maximum Gasteiger partial charge on any atom is 0.364 e. The van der Waals surface area contributed by atoms with Crippen LogP contribution in [0.15, 0.2) is 60.1 Å². The molecule has 0 atom stereocenters. The largest absolute Gasteiger partial charge is 0.364 e. The summed E-state index contributed by atoms with van der Waals surface area (Å²) < 4.78 is 29.1. The lowest BCUT2D eigenvalue weighted by Crippen LogP contribution is -2.26. The van der Waals surface area contributed by atoms with Crippen molar-refractivity contribution in [1.82, 2.24) is 24.9 Å². The minimum absolute atomic E-state index is 0.0121. The van der Waals surface area contributed by atoms with Crippen molar-refractivity contribution in [2.45, 2.75) is 11.8 Å². The van der Waals surface area contributed by atoms with E-state index >= 15 is 0 Å². The number of carbonyl (C=O) groups is 1. The molecule has 4 aromatic heterocycles. The molecule has 5 aromatic rings. The highest BCUT2D eigenvalue weighted by Crippen LogP contribution is 2.35. The van der Waals surface area contributed by atoms with Crippen LogP contribution >= 0.6 is 22.9 Å². The minimum Gasteiger partial charge on any atom is -0.361 e. The number of thiophene rings is 1. The maximum atomic E-state index is 14.1. The van der Waals surface area contributed by atoms with Gasteiger partial charge in [-0.25, -0.2) is 9.50 Å². The van der Waals surface area contributed by atoms with E-state index in [4.69, 9.17) is 11.6 Å². The molecule has 0 aliphatic carbocycles. The van der Waals surface area contributed by atoms with Crippen LogP contribution in [-0.4, -0.2) is 32.0 Å². The fourth-order valence-electron chi connectivity index (χ4n) is 3.58. The van der Waals surface area contributed by atoms with Crippen LogP contribution in [0.25, 0.3) is 27.1 Å². The number of hydrogen-bond acceptors (Lipinski definition) is 4. The van der Waals surface area contributed by atoms with Crippen molar-refractivity contribution in [1.29, 1.82) is 0 Å². The molecule has 162 valence electrons. The first kappa shape index (κ1) is 20.6. The molecular formula is C22H16ClF2N5OS. The number of amides is 1. The quantitative estimate of drug-likeness (QED) is 0.334. The van der Waals surface area contributed by atoms with Gasteiger partial charge in [-0.1, -0.05) is 24.3 Å². The van der Waals surface area contributed by atoms with Crippen LogP contribution in [-0.2, 0) is 11.8 Å². The van der Waals surface area contributed by atoms with E-state index in [0.29, 0.717) is 23.5 Å². The first-order valence-electron chi connectivity index (χ1n) is 9.75. The van der Waals surface area contributed by atoms with Gasteiger partial charge in [0.15, 0.2) is 11.3 Å². The van der Waals surface area contributed by atoms with Crippen molar-refractivity contribution < 1.29 is 13.6 Å². The van der Waals surface area contributed by atoms with Crippen molar-refractivity contribution in [3.8, 4) is 10.6 Å². The number of nitrogens with one attached hydrogen (secondary N) is 2. The highest BCUT2D eigenvalue weighted by atomic mass is 35.5. The number of para-hydroxylation sites is 1. The summed E-state index contributed by atoms with van der Waals surface area (Å²) >= 11 is 6.69. The number of benzene rings is 1. The normalized spacial score (nSPS) is 12.0. The van der Waals surface area contributed by atoms with E-state index in [-0.39, 0.29) is 11.3 Å². The second-order valence-corrected chi connectivity index (χ2v) is 8.59. The highest BCUT2D eigenvalue weighted by Gasteiger charge is 2.33. The van der Waals surface area contributed by atoms with Gasteiger partial charge in [0.1, 0.15) is 5.69 Å². The lowest BCUT2D eigenvalue weighted by atomic mass is 10.1. The Hall–Kier alpha value is -3.30. The van der Waals surface area contributed by atoms with Crippen LogP contribution in [0.5, 0.6) is 0 Å². The molecule has 10 heteroatoms. The topological polar surface area (TPSA) is 75.1 Å². The number of aromatic nitrogens is 4. The van der Waals surface area contributed by atoms with Crippen LogP contribution in [0.3, 0.4) is 0 Å². The molecule has 4 heterocycles. The fourth-order valence-corrected chi connectivity index (χ4v) is 4.40. The smallest absolute Gasteiger partial charge is 0.361 e. The number of halogens is 3. The number of H-pyrrole nitrogens is 1. The zero-order valence-electron chi connectivity index (χ0n) is 16.5. The van der Waals surface area contributed by atoms with Gasteiger partial charge in [-0.3, -0.25) is 4.79 Å². The summed E-state index contributed by atoms with van der Waals surface area (Å²) in [5.41, 5.74) is 1.99. The Morgan fingerprint density at radius 2 is 2.06 bits per heavy atom. The monoisotopic (exact) mass is 471 g/mol. The molecule has 0 radical (unpaired) electrons. The number of alkyl halides is 3. The molecule has 0 saturated carbocycles. The Balaban J connectivity index is 1.39. The van der Waals surface area contributed by atoms with Crippen LogP contribution in [0.4, 0.5) is 8.78 Å². The number of rotatable bonds is 6. The number of carbonyl (C=O) groups excluding carboxylic acids is 1. The Morgan fingerprint density at radius 3 is 2.84 bits per heavy atom. The van der Waals surface area contributed by atoms with Gasteiger partial charge in [0, 0.05) is 29.7 Å². The zero-order chi connectivity index (χ0) is 22.3. The number of fused-ring (bicyclic) bond motifs is 2. The molecule has 0 aliphatic rings. The number of nitrogens with zero attached hydrogens (tertiary/aromatic N) is 3. The van der Waals surface area contributed by atoms with Gasteiger partial charge in [0.2, 0.25) is 0 Å². The summed E-state index contributed by atoms with van der Waals surface area (Å²) in [6, 6.07) is 14.0. The minimum atomic E-state index is -3.68. The molecule has 0 saturated heterocycles. The van der Waals surface area contributed by atoms with E-state index in [1.165, 1.54) is 23.5 Å². The van der Waals surface area contributed by atoms with Crippen molar-refractivity contribution in [2.75, 3.05) is 6.54 Å². The van der Waals surface area contributed by atoms with Gasteiger partial charge in [0.05, 0.1) is 10.6 Å². The van der Waals surface area contributed by atoms with Crippen molar-refractivity contribution >= 4 is 45.4 Å². The second-order valence-electron chi connectivity index (χ2n) is 7.17. The van der Waals surface area contributed by atoms with Crippen LogP contribution in [0.1, 0.15) is 21.7 Å². The summed E-state index contributed by atoms with van der Waals surface area (Å²) in [6.07, 6.45) is 2.52. The Morgan fingerprint density at radius 1 is 1.22 bits per heavy atom. The molecule has 0 bridgehead atoms. The lowest BCUT2D eigenvalue weighted by Gasteiger charge is -2.11. The molecule has 0 spiro atoms. The summed E-state index contributed by atoms with van der Waals surface area (Å²) in [5, 5.41) is 6.07. The summed E-state index contributed by atoms with van der Waals surface area (Å²) in [4.78, 5) is 20.9. The third-order valence-electron chi connectivity index (χ3n) is 5.08. The third-order valence-corrected chi connectivity index (χ3v) is 6.16. The summed E-state index contributed by atoms with van der Waals surface area (Å²) in [5.74, 6) is -0.475. The molecule has 6 nitrogen and oxygen atoms in total. The molecular weight excluding hydrogens is 456 g/mol. The average Bonchev–Trinajstić information content (AvgIpc) is 3.51. The van der Waals surface area contributed by atoms with E-state index in [2.05, 4.69) is 20.4 Å². The van der Waals surface area contributed by atoms with Gasteiger partial charge in [-0.15, -0.1) is 11.3 Å². The van der Waals surface area contributed by atoms with Crippen LogP contribution in [0.2, 0.25) is 0 Å². The summed E-state index contributed by atoms with van der Waals surface area (Å²) in [7, 11) is 0. The Bertz CT molecular complexity index is 1420. The van der Waals surface area contributed by atoms with E-state index in [9.17, 15) is 13.6 Å². The molecule has 2 N–H and O–H groups in total. The van der Waals surface area contributed by atoms with Crippen molar-refractivity contribution in [2.24, 2.45) is 0 Å². The van der Waals surface area contributed by atoms with E-state index < -0.39 is 17.0 Å². The lowest BCUT2D eigenvalue weighted by molar-refractivity contribution is 0.0866. The molecule has 0 aliphatic heterocycles. The van der Waals surface area contributed by atoms with Crippen molar-refractivity contribution in [3.63, 3.8) is 0 Å². The van der Waals surface area contributed by atoms with E-state index in [0.717, 1.165) is 21.0 Å². The molecule has 32 heavy (non-hydrogen) atoms. The molecule has 0 fully saturated rings. The molecule has 5 rings (SSSR count). The van der Waals surface area contributed by atoms with Gasteiger partial charge in [0.25, 0.3) is 5.91 Å². The zero-order valence-corrected chi connectivity index (χ0v) is 18.1.